The smallest absolute Gasteiger partial charge is 0.338 e. The van der Waals surface area contributed by atoms with Crippen molar-refractivity contribution in [3.05, 3.63) is 101 Å². The fourth-order valence-corrected chi connectivity index (χ4v) is 4.27. The fraction of sp³-hybridized carbons (Fsp3) is 0.241. The summed E-state index contributed by atoms with van der Waals surface area (Å²) in [4.78, 5) is 54.8. The minimum absolute atomic E-state index is 0.123. The second-order valence-corrected chi connectivity index (χ2v) is 8.79. The van der Waals surface area contributed by atoms with Gasteiger partial charge in [-0.05, 0) is 62.2 Å². The highest BCUT2D eigenvalue weighted by atomic mass is 16.5. The summed E-state index contributed by atoms with van der Waals surface area (Å²) in [7, 11) is 0. The summed E-state index contributed by atoms with van der Waals surface area (Å²) in [6.45, 7) is 5.97. The van der Waals surface area contributed by atoms with Crippen LogP contribution in [0.25, 0.3) is 0 Å². The van der Waals surface area contributed by atoms with Gasteiger partial charge in [0.2, 0.25) is 5.91 Å². The van der Waals surface area contributed by atoms with E-state index in [1.165, 1.54) is 29.2 Å². The first-order valence-corrected chi connectivity index (χ1v) is 11.9. The van der Waals surface area contributed by atoms with Crippen molar-refractivity contribution in [2.45, 2.75) is 39.8 Å². The Morgan fingerprint density at radius 2 is 1.61 bits per heavy atom. The molecule has 0 aliphatic carbocycles. The maximum atomic E-state index is 13.7. The van der Waals surface area contributed by atoms with Crippen molar-refractivity contribution in [2.75, 3.05) is 11.5 Å². The molecule has 7 heteroatoms. The predicted molar refractivity (Wildman–Crippen MR) is 136 cm³/mol. The van der Waals surface area contributed by atoms with Crippen LogP contribution in [0.5, 0.6) is 0 Å². The summed E-state index contributed by atoms with van der Waals surface area (Å²) in [5.41, 5.74) is 3.90. The van der Waals surface area contributed by atoms with E-state index < -0.39 is 23.8 Å². The Balaban J connectivity index is 1.65. The van der Waals surface area contributed by atoms with Crippen LogP contribution in [-0.2, 0) is 20.9 Å². The number of ether oxygens (including phenoxy) is 1. The molecule has 3 amide bonds. The number of carbonyl (C=O) groups excluding carboxylic acids is 4. The molecule has 7 nitrogen and oxygen atoms in total. The molecule has 1 aliphatic heterocycles. The number of carbonyl (C=O) groups is 4. The number of hydrogen-bond donors (Lipinski definition) is 0. The molecule has 1 fully saturated rings. The van der Waals surface area contributed by atoms with E-state index in [1.54, 1.807) is 19.1 Å². The minimum Gasteiger partial charge on any atom is -0.462 e. The fourth-order valence-electron chi connectivity index (χ4n) is 4.27. The highest BCUT2D eigenvalue weighted by Crippen LogP contribution is 2.29. The van der Waals surface area contributed by atoms with Gasteiger partial charge in [0, 0.05) is 12.1 Å². The zero-order valence-electron chi connectivity index (χ0n) is 20.6. The van der Waals surface area contributed by atoms with Crippen LogP contribution in [0.3, 0.4) is 0 Å². The molecule has 1 saturated heterocycles. The van der Waals surface area contributed by atoms with E-state index in [-0.39, 0.29) is 25.5 Å². The van der Waals surface area contributed by atoms with Gasteiger partial charge in [-0.15, -0.1) is 0 Å². The number of nitrogens with zero attached hydrogens (tertiary/aromatic N) is 2. The lowest BCUT2D eigenvalue weighted by Crippen LogP contribution is -2.45. The lowest BCUT2D eigenvalue weighted by Gasteiger charge is -2.28. The molecule has 1 aliphatic rings. The number of rotatable bonds is 7. The standard InChI is InChI=1S/C29H28N2O5/c1-4-36-29(35)22-13-15-23(16-14-22)31-26(32)17-25(28(31)34)30(18-21-11-9-19(2)10-12-21)27(33)24-8-6-5-7-20(24)3/h5-16,25H,4,17-18H2,1-3H3. The first-order valence-electron chi connectivity index (χ1n) is 11.9. The normalized spacial score (nSPS) is 15.2. The number of esters is 1. The molecule has 0 N–H and O–H groups in total. The highest BCUT2D eigenvalue weighted by Gasteiger charge is 2.44. The molecular weight excluding hydrogens is 456 g/mol. The number of amides is 3. The maximum Gasteiger partial charge on any atom is 0.338 e. The second-order valence-electron chi connectivity index (χ2n) is 8.79. The molecule has 0 saturated carbocycles. The predicted octanol–water partition coefficient (Wildman–Crippen LogP) is 4.45. The molecule has 1 atom stereocenters. The molecule has 3 aromatic rings. The summed E-state index contributed by atoms with van der Waals surface area (Å²) < 4.78 is 5.00. The molecule has 1 heterocycles. The average Bonchev–Trinajstić information content (AvgIpc) is 3.17. The van der Waals surface area contributed by atoms with Gasteiger partial charge in [-0.25, -0.2) is 9.69 Å². The first-order chi connectivity index (χ1) is 17.3. The minimum atomic E-state index is -0.948. The summed E-state index contributed by atoms with van der Waals surface area (Å²) in [6, 6.07) is 20.1. The average molecular weight is 485 g/mol. The number of anilines is 1. The molecule has 1 unspecified atom stereocenters. The maximum absolute atomic E-state index is 13.7. The van der Waals surface area contributed by atoms with Gasteiger partial charge in [-0.2, -0.15) is 0 Å². The van der Waals surface area contributed by atoms with E-state index in [2.05, 4.69) is 0 Å². The molecular formula is C29H28N2O5. The van der Waals surface area contributed by atoms with Crippen LogP contribution in [0.4, 0.5) is 5.69 Å². The Labute approximate surface area is 210 Å². The van der Waals surface area contributed by atoms with Crippen molar-refractivity contribution in [3.63, 3.8) is 0 Å². The topological polar surface area (TPSA) is 84.0 Å². The molecule has 4 rings (SSSR count). The van der Waals surface area contributed by atoms with Crippen molar-refractivity contribution in [1.29, 1.82) is 0 Å². The Morgan fingerprint density at radius 1 is 0.944 bits per heavy atom. The van der Waals surface area contributed by atoms with Gasteiger partial charge in [0.15, 0.2) is 0 Å². The molecule has 184 valence electrons. The Morgan fingerprint density at radius 3 is 2.25 bits per heavy atom. The number of aryl methyl sites for hydroxylation is 2. The summed E-state index contributed by atoms with van der Waals surface area (Å²) >= 11 is 0. The third kappa shape index (κ3) is 5.05. The van der Waals surface area contributed by atoms with Crippen molar-refractivity contribution >= 4 is 29.4 Å². The number of imide groups is 1. The summed E-state index contributed by atoms with van der Waals surface area (Å²) in [5.74, 6) is -1.66. The molecule has 0 radical (unpaired) electrons. The zero-order valence-corrected chi connectivity index (χ0v) is 20.6. The molecule has 0 bridgehead atoms. The summed E-state index contributed by atoms with van der Waals surface area (Å²) in [5, 5.41) is 0. The van der Waals surface area contributed by atoms with Gasteiger partial charge in [0.1, 0.15) is 6.04 Å². The van der Waals surface area contributed by atoms with Gasteiger partial charge in [0.25, 0.3) is 11.8 Å². The van der Waals surface area contributed by atoms with E-state index in [4.69, 9.17) is 4.74 Å². The first kappa shape index (κ1) is 24.9. The van der Waals surface area contributed by atoms with E-state index >= 15 is 0 Å². The van der Waals surface area contributed by atoms with Crippen LogP contribution in [0.15, 0.2) is 72.8 Å². The number of benzene rings is 3. The monoisotopic (exact) mass is 484 g/mol. The lowest BCUT2D eigenvalue weighted by atomic mass is 10.0. The van der Waals surface area contributed by atoms with Crippen LogP contribution in [-0.4, -0.2) is 41.2 Å². The third-order valence-corrected chi connectivity index (χ3v) is 6.25. The van der Waals surface area contributed by atoms with E-state index in [1.807, 2.05) is 50.2 Å². The van der Waals surface area contributed by atoms with Crippen LogP contribution in [0.2, 0.25) is 0 Å². The van der Waals surface area contributed by atoms with Crippen LogP contribution in [0, 0.1) is 13.8 Å². The van der Waals surface area contributed by atoms with Gasteiger partial charge in [-0.3, -0.25) is 14.4 Å². The van der Waals surface area contributed by atoms with Gasteiger partial charge < -0.3 is 9.64 Å². The van der Waals surface area contributed by atoms with Crippen LogP contribution >= 0.6 is 0 Å². The van der Waals surface area contributed by atoms with E-state index in [0.717, 1.165) is 21.6 Å². The zero-order chi connectivity index (χ0) is 25.8. The third-order valence-electron chi connectivity index (χ3n) is 6.25. The van der Waals surface area contributed by atoms with Gasteiger partial charge in [0.05, 0.1) is 24.3 Å². The second kappa shape index (κ2) is 10.6. The molecule has 0 aromatic heterocycles. The molecule has 0 spiro atoms. The number of hydrogen-bond acceptors (Lipinski definition) is 5. The molecule has 3 aromatic carbocycles. The molecule has 36 heavy (non-hydrogen) atoms. The SMILES string of the molecule is CCOC(=O)c1ccc(N2C(=O)CC(N(Cc3ccc(C)cc3)C(=O)c3ccccc3C)C2=O)cc1. The highest BCUT2D eigenvalue weighted by molar-refractivity contribution is 6.23. The van der Waals surface area contributed by atoms with Crippen LogP contribution in [0.1, 0.15) is 50.8 Å². The van der Waals surface area contributed by atoms with Crippen molar-refractivity contribution < 1.29 is 23.9 Å². The van der Waals surface area contributed by atoms with Crippen molar-refractivity contribution in [3.8, 4) is 0 Å². The quantitative estimate of drug-likeness (QED) is 0.365. The largest absolute Gasteiger partial charge is 0.462 e. The Kier molecular flexibility index (Phi) is 7.29. The van der Waals surface area contributed by atoms with E-state index in [9.17, 15) is 19.2 Å². The van der Waals surface area contributed by atoms with Crippen LogP contribution < -0.4 is 4.90 Å². The Bertz CT molecular complexity index is 1300. The van der Waals surface area contributed by atoms with Crippen molar-refractivity contribution in [1.82, 2.24) is 4.90 Å². The Hall–Kier alpha value is -4.26. The summed E-state index contributed by atoms with van der Waals surface area (Å²) in [6.07, 6.45) is -0.123. The van der Waals surface area contributed by atoms with Gasteiger partial charge in [-0.1, -0.05) is 48.0 Å². The lowest BCUT2D eigenvalue weighted by molar-refractivity contribution is -0.122. The van der Waals surface area contributed by atoms with Gasteiger partial charge >= 0.3 is 5.97 Å². The van der Waals surface area contributed by atoms with E-state index in [0.29, 0.717) is 16.8 Å². The van der Waals surface area contributed by atoms with Crippen molar-refractivity contribution in [2.24, 2.45) is 0 Å².